The summed E-state index contributed by atoms with van der Waals surface area (Å²) in [5.74, 6) is 1.36. The summed E-state index contributed by atoms with van der Waals surface area (Å²) in [7, 11) is 0. The number of aryl methyl sites for hydroxylation is 1. The maximum Gasteiger partial charge on any atom is 0.223 e. The van der Waals surface area contributed by atoms with Gasteiger partial charge in [0.2, 0.25) is 5.91 Å². The molecule has 3 aromatic rings. The first-order valence-electron chi connectivity index (χ1n) is 10.4. The minimum atomic E-state index is -0.0156. The molecule has 0 radical (unpaired) electrons. The molecule has 5 nitrogen and oxygen atoms in total. The van der Waals surface area contributed by atoms with Crippen molar-refractivity contribution in [2.24, 2.45) is 0 Å². The van der Waals surface area contributed by atoms with Crippen LogP contribution in [0.25, 0.3) is 10.2 Å². The molecular formula is C23H26N4OS. The lowest BCUT2D eigenvalue weighted by atomic mass is 9.87. The topological polar surface area (TPSA) is 49.3 Å². The molecule has 2 fully saturated rings. The highest BCUT2D eigenvalue weighted by atomic mass is 32.1. The number of thiophene rings is 1. The van der Waals surface area contributed by atoms with E-state index in [0.29, 0.717) is 12.3 Å². The average molecular weight is 407 g/mol. The molecule has 5 rings (SSSR count). The Kier molecular flexibility index (Phi) is 4.74. The van der Waals surface area contributed by atoms with Gasteiger partial charge in [-0.2, -0.15) is 0 Å². The molecule has 4 heterocycles. The van der Waals surface area contributed by atoms with Gasteiger partial charge in [0, 0.05) is 31.6 Å². The quantitative estimate of drug-likeness (QED) is 0.640. The average Bonchev–Trinajstić information content (AvgIpc) is 3.25. The smallest absolute Gasteiger partial charge is 0.223 e. The molecule has 2 aromatic heterocycles. The van der Waals surface area contributed by atoms with Crippen molar-refractivity contribution in [2.75, 3.05) is 18.0 Å². The number of hydrogen-bond donors (Lipinski definition) is 0. The molecular weight excluding hydrogens is 380 g/mol. The van der Waals surface area contributed by atoms with E-state index in [-0.39, 0.29) is 5.54 Å². The third-order valence-electron chi connectivity index (χ3n) is 6.58. The lowest BCUT2D eigenvalue weighted by Gasteiger charge is -2.38. The van der Waals surface area contributed by atoms with Crippen molar-refractivity contribution < 1.29 is 4.79 Å². The molecule has 2 aliphatic heterocycles. The second-order valence-corrected chi connectivity index (χ2v) is 9.28. The molecule has 1 atom stereocenters. The Balaban J connectivity index is 1.38. The number of amides is 1. The van der Waals surface area contributed by atoms with Crippen LogP contribution in [0, 0.1) is 6.92 Å². The van der Waals surface area contributed by atoms with Crippen molar-refractivity contribution in [1.29, 1.82) is 0 Å². The molecule has 2 aliphatic rings. The standard InChI is InChI=1S/C23H26N4OS/c1-17-3-5-18(6-4-17)15-27-20(28)7-10-23(27)9-2-12-26(13-11-23)22-21-19(8-14-29-21)24-16-25-22/h3-6,8,14,16H,2,7,9-13,15H2,1H3/t23-/m1/s1. The van der Waals surface area contributed by atoms with E-state index in [1.807, 2.05) is 0 Å². The SMILES string of the molecule is Cc1ccc(CN2C(=O)CC[C@@]23CCCN(c2ncnc4ccsc24)CC3)cc1. The number of carbonyl (C=O) groups excluding carboxylic acids is 1. The number of nitrogens with zero attached hydrogens (tertiary/aromatic N) is 4. The van der Waals surface area contributed by atoms with Gasteiger partial charge in [-0.3, -0.25) is 4.79 Å². The van der Waals surface area contributed by atoms with E-state index >= 15 is 0 Å². The summed E-state index contributed by atoms with van der Waals surface area (Å²) < 4.78 is 1.17. The summed E-state index contributed by atoms with van der Waals surface area (Å²) >= 11 is 1.71. The molecule has 0 saturated carbocycles. The molecule has 1 aromatic carbocycles. The fourth-order valence-corrected chi connectivity index (χ4v) is 5.78. The van der Waals surface area contributed by atoms with Crippen LogP contribution < -0.4 is 4.90 Å². The van der Waals surface area contributed by atoms with Gasteiger partial charge in [-0.1, -0.05) is 29.8 Å². The zero-order valence-corrected chi connectivity index (χ0v) is 17.6. The van der Waals surface area contributed by atoms with Crippen molar-refractivity contribution in [2.45, 2.75) is 51.1 Å². The monoisotopic (exact) mass is 406 g/mol. The van der Waals surface area contributed by atoms with Crippen LogP contribution in [0.2, 0.25) is 0 Å². The Morgan fingerprint density at radius 3 is 2.79 bits per heavy atom. The normalized spacial score (nSPS) is 22.6. The predicted octanol–water partition coefficient (Wildman–Crippen LogP) is 4.55. The zero-order valence-electron chi connectivity index (χ0n) is 16.8. The fourth-order valence-electron chi connectivity index (χ4n) is 4.92. The third-order valence-corrected chi connectivity index (χ3v) is 7.48. The fraction of sp³-hybridized carbons (Fsp3) is 0.435. The maximum absolute atomic E-state index is 12.8. The van der Waals surface area contributed by atoms with Crippen molar-refractivity contribution in [3.8, 4) is 0 Å². The molecule has 1 amide bonds. The molecule has 2 saturated heterocycles. The minimum absolute atomic E-state index is 0.0156. The molecule has 0 bridgehead atoms. The molecule has 29 heavy (non-hydrogen) atoms. The number of rotatable bonds is 3. The van der Waals surface area contributed by atoms with Gasteiger partial charge in [-0.05, 0) is 49.6 Å². The summed E-state index contributed by atoms with van der Waals surface area (Å²) in [4.78, 5) is 26.4. The van der Waals surface area contributed by atoms with Crippen molar-refractivity contribution in [3.05, 3.63) is 53.2 Å². The Morgan fingerprint density at radius 2 is 1.93 bits per heavy atom. The van der Waals surface area contributed by atoms with Gasteiger partial charge in [0.15, 0.2) is 0 Å². The highest BCUT2D eigenvalue weighted by molar-refractivity contribution is 7.17. The molecule has 6 heteroatoms. The number of carbonyl (C=O) groups is 1. The largest absolute Gasteiger partial charge is 0.355 e. The molecule has 0 aliphatic carbocycles. The number of aromatic nitrogens is 2. The number of benzene rings is 1. The highest BCUT2D eigenvalue weighted by Crippen LogP contribution is 2.41. The first-order valence-corrected chi connectivity index (χ1v) is 11.3. The number of anilines is 1. The summed E-state index contributed by atoms with van der Waals surface area (Å²) in [6.07, 6.45) is 6.47. The Bertz CT molecular complexity index is 1030. The Hall–Kier alpha value is -2.47. The Labute approximate surface area is 175 Å². The van der Waals surface area contributed by atoms with E-state index in [1.54, 1.807) is 17.7 Å². The van der Waals surface area contributed by atoms with E-state index < -0.39 is 0 Å². The number of likely N-dealkylation sites (tertiary alicyclic amines) is 1. The zero-order chi connectivity index (χ0) is 19.8. The van der Waals surface area contributed by atoms with E-state index in [1.165, 1.54) is 15.8 Å². The van der Waals surface area contributed by atoms with Gasteiger partial charge in [-0.25, -0.2) is 9.97 Å². The van der Waals surface area contributed by atoms with E-state index in [2.05, 4.69) is 62.4 Å². The van der Waals surface area contributed by atoms with E-state index in [0.717, 1.165) is 56.7 Å². The van der Waals surface area contributed by atoms with E-state index in [9.17, 15) is 4.79 Å². The first-order chi connectivity index (χ1) is 14.1. The van der Waals surface area contributed by atoms with Crippen molar-refractivity contribution >= 4 is 33.3 Å². The van der Waals surface area contributed by atoms with Gasteiger partial charge in [-0.15, -0.1) is 11.3 Å². The van der Waals surface area contributed by atoms with Crippen LogP contribution in [-0.2, 0) is 11.3 Å². The van der Waals surface area contributed by atoms with Crippen LogP contribution in [0.3, 0.4) is 0 Å². The molecule has 0 N–H and O–H groups in total. The summed E-state index contributed by atoms with van der Waals surface area (Å²) in [5, 5.41) is 2.08. The van der Waals surface area contributed by atoms with Gasteiger partial charge in [0.25, 0.3) is 0 Å². The van der Waals surface area contributed by atoms with Crippen LogP contribution in [0.1, 0.15) is 43.2 Å². The van der Waals surface area contributed by atoms with Crippen LogP contribution in [0.4, 0.5) is 5.82 Å². The lowest BCUT2D eigenvalue weighted by molar-refractivity contribution is -0.132. The second kappa shape index (κ2) is 7.41. The number of hydrogen-bond acceptors (Lipinski definition) is 5. The first kappa shape index (κ1) is 18.6. The van der Waals surface area contributed by atoms with Gasteiger partial charge >= 0.3 is 0 Å². The second-order valence-electron chi connectivity index (χ2n) is 8.36. The minimum Gasteiger partial charge on any atom is -0.355 e. The lowest BCUT2D eigenvalue weighted by Crippen LogP contribution is -2.46. The number of fused-ring (bicyclic) bond motifs is 1. The van der Waals surface area contributed by atoms with Gasteiger partial charge < -0.3 is 9.80 Å². The van der Waals surface area contributed by atoms with Crippen molar-refractivity contribution in [1.82, 2.24) is 14.9 Å². The molecule has 150 valence electrons. The summed E-state index contributed by atoms with van der Waals surface area (Å²) in [6, 6.07) is 10.7. The Morgan fingerprint density at radius 1 is 1.07 bits per heavy atom. The van der Waals surface area contributed by atoms with Crippen LogP contribution in [0.15, 0.2) is 42.0 Å². The third kappa shape index (κ3) is 3.39. The highest BCUT2D eigenvalue weighted by Gasteiger charge is 2.45. The summed E-state index contributed by atoms with van der Waals surface area (Å²) in [6.45, 7) is 4.74. The van der Waals surface area contributed by atoms with Crippen LogP contribution in [-0.4, -0.2) is 39.4 Å². The maximum atomic E-state index is 12.8. The predicted molar refractivity (Wildman–Crippen MR) is 117 cm³/mol. The van der Waals surface area contributed by atoms with Gasteiger partial charge in [0.1, 0.15) is 12.1 Å². The van der Waals surface area contributed by atoms with Crippen LogP contribution >= 0.6 is 11.3 Å². The summed E-state index contributed by atoms with van der Waals surface area (Å²) in [5.41, 5.74) is 3.49. The van der Waals surface area contributed by atoms with Crippen LogP contribution in [0.5, 0.6) is 0 Å². The van der Waals surface area contributed by atoms with Gasteiger partial charge in [0.05, 0.1) is 10.2 Å². The van der Waals surface area contributed by atoms with Crippen molar-refractivity contribution in [3.63, 3.8) is 0 Å². The molecule has 0 unspecified atom stereocenters. The molecule has 1 spiro atoms. The van der Waals surface area contributed by atoms with E-state index in [4.69, 9.17) is 0 Å².